The van der Waals surface area contributed by atoms with Crippen LogP contribution in [0.5, 0.6) is 5.75 Å². The van der Waals surface area contributed by atoms with E-state index in [0.29, 0.717) is 23.7 Å². The third-order valence-corrected chi connectivity index (χ3v) is 8.96. The summed E-state index contributed by atoms with van der Waals surface area (Å²) in [6, 6.07) is 11.1. The molecule has 0 aliphatic carbocycles. The van der Waals surface area contributed by atoms with E-state index in [1.165, 1.54) is 44.7 Å². The average molecular weight is 608 g/mol. The maximum absolute atomic E-state index is 5.84. The smallest absolute Gasteiger partial charge is 0.229 e. The van der Waals surface area contributed by atoms with Crippen molar-refractivity contribution in [2.24, 2.45) is 5.92 Å². The maximum atomic E-state index is 5.84. The van der Waals surface area contributed by atoms with Gasteiger partial charge in [-0.25, -0.2) is 4.98 Å². The van der Waals surface area contributed by atoms with Crippen LogP contribution in [0.1, 0.15) is 37.8 Å². The van der Waals surface area contributed by atoms with Crippen molar-refractivity contribution >= 4 is 45.9 Å². The van der Waals surface area contributed by atoms with Crippen molar-refractivity contribution < 1.29 is 4.74 Å². The summed E-state index contributed by atoms with van der Waals surface area (Å²) in [4.78, 5) is 26.2. The van der Waals surface area contributed by atoms with Crippen molar-refractivity contribution in [2.45, 2.75) is 39.2 Å². The van der Waals surface area contributed by atoms with E-state index in [2.05, 4.69) is 86.0 Å². The number of aromatic nitrogens is 4. The molecule has 0 bridgehead atoms. The number of fused-ring (bicyclic) bond motifs is 1. The van der Waals surface area contributed by atoms with Crippen molar-refractivity contribution in [1.82, 2.24) is 29.7 Å². The molecule has 10 heteroatoms. The van der Waals surface area contributed by atoms with Crippen molar-refractivity contribution in [3.05, 3.63) is 66.6 Å². The van der Waals surface area contributed by atoms with Gasteiger partial charge in [-0.2, -0.15) is 4.98 Å². The number of hydrogen-bond acceptors (Lipinski definition) is 10. The van der Waals surface area contributed by atoms with Crippen LogP contribution >= 0.6 is 0 Å². The summed E-state index contributed by atoms with van der Waals surface area (Å²) in [6.07, 6.45) is 10.2. The Bertz CT molecular complexity index is 1630. The van der Waals surface area contributed by atoms with E-state index in [4.69, 9.17) is 9.72 Å². The van der Waals surface area contributed by atoms with Crippen LogP contribution < -0.4 is 20.3 Å². The molecule has 2 saturated heterocycles. The van der Waals surface area contributed by atoms with Gasteiger partial charge in [-0.3, -0.25) is 14.9 Å². The summed E-state index contributed by atoms with van der Waals surface area (Å²) in [6.45, 7) is 15.2. The molecule has 2 fully saturated rings. The van der Waals surface area contributed by atoms with Gasteiger partial charge in [0.05, 0.1) is 23.8 Å². The summed E-state index contributed by atoms with van der Waals surface area (Å²) in [5.74, 6) is 2.33. The number of hydrogen-bond donors (Lipinski definition) is 2. The van der Waals surface area contributed by atoms with E-state index in [1.54, 1.807) is 31.8 Å². The number of nitrogens with zero attached hydrogens (tertiary/aromatic N) is 7. The third-order valence-electron chi connectivity index (χ3n) is 8.96. The molecule has 0 saturated carbocycles. The van der Waals surface area contributed by atoms with Gasteiger partial charge in [0, 0.05) is 92.5 Å². The molecule has 0 unspecified atom stereocenters. The monoisotopic (exact) mass is 607 g/mol. The molecule has 2 aromatic heterocycles. The van der Waals surface area contributed by atoms with Crippen LogP contribution in [-0.2, 0) is 6.42 Å². The normalized spacial score (nSPS) is 16.7. The summed E-state index contributed by atoms with van der Waals surface area (Å²) in [5.41, 5.74) is 6.63. The summed E-state index contributed by atoms with van der Waals surface area (Å²) in [5, 5.41) is 6.94. The number of benzene rings is 2. The van der Waals surface area contributed by atoms with Gasteiger partial charge < -0.3 is 25.2 Å². The van der Waals surface area contributed by atoms with Crippen LogP contribution in [0, 0.1) is 5.92 Å². The average Bonchev–Trinajstić information content (AvgIpc) is 3.06. The molecule has 2 N–H and O–H groups in total. The number of nitrogens with one attached hydrogen (secondary N) is 2. The summed E-state index contributed by atoms with van der Waals surface area (Å²) < 4.78 is 5.84. The Labute approximate surface area is 266 Å². The first-order chi connectivity index (χ1) is 21.9. The Morgan fingerprint density at radius 2 is 1.71 bits per heavy atom. The number of likely N-dealkylation sites (N-methyl/N-ethyl adjacent to an activating group) is 1. The van der Waals surface area contributed by atoms with E-state index < -0.39 is 0 Å². The molecular weight excluding hydrogens is 562 g/mol. The van der Waals surface area contributed by atoms with E-state index in [0.717, 1.165) is 58.8 Å². The van der Waals surface area contributed by atoms with Crippen LogP contribution in [0.15, 0.2) is 55.5 Å². The predicted octanol–water partition coefficient (Wildman–Crippen LogP) is 5.97. The highest BCUT2D eigenvalue weighted by atomic mass is 16.5. The molecule has 4 aromatic rings. The molecule has 6 rings (SSSR count). The highest BCUT2D eigenvalue weighted by molar-refractivity contribution is 5.85. The minimum absolute atomic E-state index is 0.443. The van der Waals surface area contributed by atoms with Gasteiger partial charge in [-0.15, -0.1) is 0 Å². The Hall–Kier alpha value is -4.28. The fourth-order valence-corrected chi connectivity index (χ4v) is 6.43. The minimum Gasteiger partial charge on any atom is -0.494 e. The van der Waals surface area contributed by atoms with Gasteiger partial charge in [0.2, 0.25) is 5.95 Å². The molecule has 236 valence electrons. The van der Waals surface area contributed by atoms with E-state index >= 15 is 0 Å². The zero-order valence-corrected chi connectivity index (χ0v) is 27.0. The topological polar surface area (TPSA) is 94.6 Å². The van der Waals surface area contributed by atoms with Crippen molar-refractivity contribution in [1.29, 1.82) is 0 Å². The fraction of sp³-hybridized carbons (Fsp3) is 0.429. The number of methoxy groups -OCH3 is 1. The largest absolute Gasteiger partial charge is 0.494 e. The molecule has 45 heavy (non-hydrogen) atoms. The number of piperazine rings is 1. The lowest BCUT2D eigenvalue weighted by Gasteiger charge is -2.42. The molecule has 0 atom stereocenters. The van der Waals surface area contributed by atoms with Crippen LogP contribution in [0.3, 0.4) is 0 Å². The molecule has 4 heterocycles. The molecule has 0 radical (unpaired) electrons. The molecule has 2 aliphatic heterocycles. The SMILES string of the molecule is C=Cc1cnc(Nc2ccc(N3CCC(N4CCN(C)CC4)CC3)cc2OC)nc1Nc1ccc2nccnc2c1CC(C)C. The van der Waals surface area contributed by atoms with E-state index in [1.807, 2.05) is 12.1 Å². The second-order valence-electron chi connectivity index (χ2n) is 12.5. The molecule has 0 amide bonds. The van der Waals surface area contributed by atoms with Crippen LogP contribution in [-0.4, -0.2) is 89.2 Å². The fourth-order valence-electron chi connectivity index (χ4n) is 6.43. The Morgan fingerprint density at radius 3 is 2.44 bits per heavy atom. The lowest BCUT2D eigenvalue weighted by Crippen LogP contribution is -2.52. The number of anilines is 5. The van der Waals surface area contributed by atoms with Crippen molar-refractivity contribution in [3.63, 3.8) is 0 Å². The minimum atomic E-state index is 0.443. The van der Waals surface area contributed by atoms with Gasteiger partial charge in [0.25, 0.3) is 0 Å². The molecule has 2 aromatic carbocycles. The zero-order valence-electron chi connectivity index (χ0n) is 27.0. The highest BCUT2D eigenvalue weighted by Gasteiger charge is 2.27. The summed E-state index contributed by atoms with van der Waals surface area (Å²) in [7, 11) is 3.92. The van der Waals surface area contributed by atoms with Crippen molar-refractivity contribution in [2.75, 3.05) is 69.0 Å². The molecule has 10 nitrogen and oxygen atoms in total. The third kappa shape index (κ3) is 7.02. The molecule has 0 spiro atoms. The first-order valence-corrected chi connectivity index (χ1v) is 16.0. The van der Waals surface area contributed by atoms with Gasteiger partial charge in [-0.1, -0.05) is 26.5 Å². The lowest BCUT2D eigenvalue weighted by molar-refractivity contribution is 0.0982. The van der Waals surface area contributed by atoms with Gasteiger partial charge in [0.1, 0.15) is 11.6 Å². The standard InChI is InChI=1S/C35H45N9O/c1-6-25-23-38-35(41-34(25)39-29-9-10-31-33(37-14-13-36-31)28(29)21-24(2)3)40-30-8-7-27(22-32(30)45-5)43-15-11-26(12-16-43)44-19-17-42(4)18-20-44/h6-10,13-14,22-24,26H,1,11-12,15-21H2,2-5H3,(H2,38,39,40,41). The summed E-state index contributed by atoms with van der Waals surface area (Å²) >= 11 is 0. The van der Waals surface area contributed by atoms with E-state index in [-0.39, 0.29) is 0 Å². The van der Waals surface area contributed by atoms with Gasteiger partial charge in [0.15, 0.2) is 0 Å². The number of piperidine rings is 1. The van der Waals surface area contributed by atoms with Crippen LogP contribution in [0.25, 0.3) is 17.1 Å². The molecular formula is C35H45N9O. The highest BCUT2D eigenvalue weighted by Crippen LogP contribution is 2.34. The van der Waals surface area contributed by atoms with Crippen LogP contribution in [0.2, 0.25) is 0 Å². The number of rotatable bonds is 10. The first kappa shape index (κ1) is 30.7. The first-order valence-electron chi connectivity index (χ1n) is 16.0. The second kappa shape index (κ2) is 13.8. The van der Waals surface area contributed by atoms with Crippen LogP contribution in [0.4, 0.5) is 28.8 Å². The van der Waals surface area contributed by atoms with Crippen molar-refractivity contribution in [3.8, 4) is 5.75 Å². The Morgan fingerprint density at radius 1 is 0.956 bits per heavy atom. The Kier molecular flexibility index (Phi) is 9.42. The second-order valence-corrected chi connectivity index (χ2v) is 12.5. The van der Waals surface area contributed by atoms with E-state index in [9.17, 15) is 0 Å². The predicted molar refractivity (Wildman–Crippen MR) is 184 cm³/mol. The van der Waals surface area contributed by atoms with Gasteiger partial charge in [-0.05, 0) is 56.5 Å². The number of ether oxygens (including phenoxy) is 1. The van der Waals surface area contributed by atoms with Gasteiger partial charge >= 0.3 is 0 Å². The lowest BCUT2D eigenvalue weighted by atomic mass is 9.99. The quantitative estimate of drug-likeness (QED) is 0.224. The maximum Gasteiger partial charge on any atom is 0.229 e. The zero-order chi connectivity index (χ0) is 31.3. The Balaban J connectivity index is 1.18. The molecule has 2 aliphatic rings.